The number of carbonyl (C=O) groups is 3. The number of benzene rings is 2. The first kappa shape index (κ1) is 19.7. The molecular weight excluding hydrogens is 348 g/mol. The number of hydrogen-bond acceptors (Lipinski definition) is 6. The highest BCUT2D eigenvalue weighted by molar-refractivity contribution is 5.98. The van der Waals surface area contributed by atoms with Crippen molar-refractivity contribution in [1.82, 2.24) is 0 Å². The average molecular weight is 368 g/mol. The molecule has 0 radical (unpaired) electrons. The van der Waals surface area contributed by atoms with Gasteiger partial charge in [0, 0.05) is 11.4 Å². The van der Waals surface area contributed by atoms with Crippen LogP contribution < -0.4 is 10.6 Å². The number of amides is 1. The summed E-state index contributed by atoms with van der Waals surface area (Å²) < 4.78 is 9.14. The van der Waals surface area contributed by atoms with Crippen molar-refractivity contribution in [2.24, 2.45) is 0 Å². The minimum Gasteiger partial charge on any atom is -0.466 e. The van der Waals surface area contributed by atoms with E-state index < -0.39 is 11.9 Å². The van der Waals surface area contributed by atoms with E-state index in [0.29, 0.717) is 11.4 Å². The maximum absolute atomic E-state index is 12.1. The van der Waals surface area contributed by atoms with Gasteiger partial charge in [0.1, 0.15) is 5.70 Å². The lowest BCUT2D eigenvalue weighted by atomic mass is 10.1. The van der Waals surface area contributed by atoms with Crippen LogP contribution in [0.4, 0.5) is 11.4 Å². The molecule has 0 saturated heterocycles. The van der Waals surface area contributed by atoms with Gasteiger partial charge in [-0.05, 0) is 29.8 Å². The summed E-state index contributed by atoms with van der Waals surface area (Å²) in [5.41, 5.74) is 2.00. The molecule has 0 spiro atoms. The van der Waals surface area contributed by atoms with Crippen molar-refractivity contribution in [3.63, 3.8) is 0 Å². The molecule has 0 saturated carbocycles. The summed E-state index contributed by atoms with van der Waals surface area (Å²) in [4.78, 5) is 35.2. The van der Waals surface area contributed by atoms with Gasteiger partial charge in [0.15, 0.2) is 0 Å². The highest BCUT2D eigenvalue weighted by atomic mass is 16.5. The second kappa shape index (κ2) is 9.76. The number of esters is 2. The number of anilines is 2. The number of methoxy groups -OCH3 is 2. The van der Waals surface area contributed by atoms with Crippen LogP contribution in [0.1, 0.15) is 5.56 Å². The van der Waals surface area contributed by atoms with E-state index in [1.165, 1.54) is 14.2 Å². The van der Waals surface area contributed by atoms with Crippen LogP contribution in [0.3, 0.4) is 0 Å². The molecule has 27 heavy (non-hydrogen) atoms. The molecule has 7 nitrogen and oxygen atoms in total. The monoisotopic (exact) mass is 368 g/mol. The fraction of sp³-hybridized carbons (Fsp3) is 0.150. The normalized spacial score (nSPS) is 10.7. The van der Waals surface area contributed by atoms with Crippen molar-refractivity contribution < 1.29 is 23.9 Å². The molecule has 0 heterocycles. The zero-order chi connectivity index (χ0) is 19.6. The van der Waals surface area contributed by atoms with Crippen LogP contribution in [-0.4, -0.2) is 32.1 Å². The summed E-state index contributed by atoms with van der Waals surface area (Å²) >= 11 is 0. The van der Waals surface area contributed by atoms with Crippen molar-refractivity contribution in [2.45, 2.75) is 6.42 Å². The van der Waals surface area contributed by atoms with E-state index >= 15 is 0 Å². The Morgan fingerprint density at radius 2 is 1.44 bits per heavy atom. The zero-order valence-electron chi connectivity index (χ0n) is 15.0. The average Bonchev–Trinajstić information content (AvgIpc) is 2.68. The topological polar surface area (TPSA) is 93.7 Å². The van der Waals surface area contributed by atoms with Crippen molar-refractivity contribution in [3.8, 4) is 0 Å². The van der Waals surface area contributed by atoms with Crippen molar-refractivity contribution in [3.05, 3.63) is 71.9 Å². The van der Waals surface area contributed by atoms with Crippen molar-refractivity contribution in [2.75, 3.05) is 24.9 Å². The van der Waals surface area contributed by atoms with E-state index in [-0.39, 0.29) is 18.0 Å². The van der Waals surface area contributed by atoms with E-state index in [1.54, 1.807) is 24.3 Å². The second-order valence-electron chi connectivity index (χ2n) is 5.49. The molecule has 7 heteroatoms. The van der Waals surface area contributed by atoms with E-state index in [0.717, 1.165) is 11.6 Å². The summed E-state index contributed by atoms with van der Waals surface area (Å²) in [5.74, 6) is -1.53. The molecule has 2 aromatic carbocycles. The van der Waals surface area contributed by atoms with Gasteiger partial charge in [0.2, 0.25) is 5.91 Å². The number of ether oxygens (including phenoxy) is 2. The third kappa shape index (κ3) is 6.32. The van der Waals surface area contributed by atoms with Gasteiger partial charge in [-0.25, -0.2) is 9.59 Å². The van der Waals surface area contributed by atoms with Crippen LogP contribution in [0.25, 0.3) is 0 Å². The Labute approximate surface area is 157 Å². The van der Waals surface area contributed by atoms with Gasteiger partial charge in [0.05, 0.1) is 26.7 Å². The Morgan fingerprint density at radius 1 is 0.852 bits per heavy atom. The van der Waals surface area contributed by atoms with Gasteiger partial charge in [-0.2, -0.15) is 0 Å². The summed E-state index contributed by atoms with van der Waals surface area (Å²) in [6.45, 7) is 0. The minimum atomic E-state index is -0.708. The molecule has 0 aliphatic heterocycles. The van der Waals surface area contributed by atoms with Crippen molar-refractivity contribution >= 4 is 29.2 Å². The number of rotatable bonds is 7. The quantitative estimate of drug-likeness (QED) is 0.576. The first-order chi connectivity index (χ1) is 13.0. The molecule has 0 aromatic heterocycles. The molecule has 0 aliphatic carbocycles. The fourth-order valence-corrected chi connectivity index (χ4v) is 2.21. The van der Waals surface area contributed by atoms with E-state index in [2.05, 4.69) is 20.1 Å². The minimum absolute atomic E-state index is 0.0646. The largest absolute Gasteiger partial charge is 0.466 e. The van der Waals surface area contributed by atoms with Gasteiger partial charge in [-0.3, -0.25) is 4.79 Å². The Morgan fingerprint density at radius 3 is 2.00 bits per heavy atom. The highest BCUT2D eigenvalue weighted by Gasteiger charge is 2.13. The van der Waals surface area contributed by atoms with E-state index in [9.17, 15) is 14.4 Å². The highest BCUT2D eigenvalue weighted by Crippen LogP contribution is 2.16. The standard InChI is InChI=1S/C20H20N2O5/c1-26-19(24)13-17(20(25)27-2)21-15-8-10-16(11-9-15)22-18(23)12-14-6-4-3-5-7-14/h3-11,13,21H,12H2,1-2H3,(H,22,23)/b17-13+. The number of nitrogens with one attached hydrogen (secondary N) is 2. The summed E-state index contributed by atoms with van der Waals surface area (Å²) in [6, 6.07) is 16.1. The Hall–Kier alpha value is -3.61. The van der Waals surface area contributed by atoms with Crippen LogP contribution in [0, 0.1) is 0 Å². The second-order valence-corrected chi connectivity index (χ2v) is 5.49. The van der Waals surface area contributed by atoms with Crippen LogP contribution in [0.15, 0.2) is 66.4 Å². The molecule has 0 unspecified atom stereocenters. The predicted molar refractivity (Wildman–Crippen MR) is 101 cm³/mol. The maximum Gasteiger partial charge on any atom is 0.354 e. The lowest BCUT2D eigenvalue weighted by molar-refractivity contribution is -0.138. The van der Waals surface area contributed by atoms with Crippen molar-refractivity contribution in [1.29, 1.82) is 0 Å². The Balaban J connectivity index is 2.01. The molecule has 0 atom stereocenters. The molecule has 1 amide bonds. The molecule has 0 fully saturated rings. The zero-order valence-corrected chi connectivity index (χ0v) is 15.0. The lowest BCUT2D eigenvalue weighted by Crippen LogP contribution is -2.16. The van der Waals surface area contributed by atoms with E-state index in [4.69, 9.17) is 0 Å². The Bertz CT molecular complexity index is 829. The summed E-state index contributed by atoms with van der Waals surface area (Å²) in [5, 5.41) is 5.59. The SMILES string of the molecule is COC(=O)/C=C(/Nc1ccc(NC(=O)Cc2ccccc2)cc1)C(=O)OC. The van der Waals surface area contributed by atoms with Gasteiger partial charge >= 0.3 is 11.9 Å². The van der Waals surface area contributed by atoms with Crippen LogP contribution in [0.5, 0.6) is 0 Å². The van der Waals surface area contributed by atoms with Gasteiger partial charge in [0.25, 0.3) is 0 Å². The van der Waals surface area contributed by atoms with Crippen LogP contribution in [-0.2, 0) is 30.3 Å². The number of carbonyl (C=O) groups excluding carboxylic acids is 3. The summed E-state index contributed by atoms with van der Waals surface area (Å²) in [6.07, 6.45) is 1.27. The van der Waals surface area contributed by atoms with Gasteiger partial charge in [-0.15, -0.1) is 0 Å². The van der Waals surface area contributed by atoms with Crippen LogP contribution in [0.2, 0.25) is 0 Å². The molecule has 2 rings (SSSR count). The third-order valence-corrected chi connectivity index (χ3v) is 3.52. The van der Waals surface area contributed by atoms with Crippen LogP contribution >= 0.6 is 0 Å². The predicted octanol–water partition coefficient (Wildman–Crippen LogP) is 2.51. The first-order valence-corrected chi connectivity index (χ1v) is 8.10. The summed E-state index contributed by atoms with van der Waals surface area (Å²) in [7, 11) is 2.42. The lowest BCUT2D eigenvalue weighted by Gasteiger charge is -2.10. The third-order valence-electron chi connectivity index (χ3n) is 3.52. The number of hydrogen-bond donors (Lipinski definition) is 2. The molecule has 2 N–H and O–H groups in total. The molecule has 0 bridgehead atoms. The molecule has 2 aromatic rings. The van der Waals surface area contributed by atoms with Gasteiger partial charge in [-0.1, -0.05) is 30.3 Å². The van der Waals surface area contributed by atoms with E-state index in [1.807, 2.05) is 30.3 Å². The molecule has 140 valence electrons. The molecular formula is C20H20N2O5. The smallest absolute Gasteiger partial charge is 0.354 e. The molecule has 0 aliphatic rings. The van der Waals surface area contributed by atoms with Gasteiger partial charge < -0.3 is 20.1 Å². The maximum atomic E-state index is 12.1. The first-order valence-electron chi connectivity index (χ1n) is 8.10. The Kier molecular flexibility index (Phi) is 7.13. The fourth-order valence-electron chi connectivity index (χ4n) is 2.21.